The lowest BCUT2D eigenvalue weighted by atomic mass is 10.1. The predicted molar refractivity (Wildman–Crippen MR) is 90.6 cm³/mol. The number of anilines is 1. The maximum Gasteiger partial charge on any atom is 0.250 e. The van der Waals surface area contributed by atoms with Gasteiger partial charge < -0.3 is 0 Å². The van der Waals surface area contributed by atoms with E-state index in [9.17, 15) is 9.18 Å². The molecule has 6 heteroatoms. The van der Waals surface area contributed by atoms with Crippen LogP contribution in [0.3, 0.4) is 0 Å². The molecule has 3 aromatic rings. The molecule has 3 rings (SSSR count). The molecule has 0 atom stereocenters. The third kappa shape index (κ3) is 3.92. The molecule has 0 fully saturated rings. The molecule has 0 bridgehead atoms. The number of carbonyl (C=O) groups excluding carboxylic acids is 1. The Kier molecular flexibility index (Phi) is 4.47. The number of aromatic nitrogens is 3. The monoisotopic (exact) mass is 322 g/mol. The van der Waals surface area contributed by atoms with Crippen molar-refractivity contribution >= 4 is 17.9 Å². The van der Waals surface area contributed by atoms with Crippen molar-refractivity contribution in [3.05, 3.63) is 71.6 Å². The average Bonchev–Trinajstić information content (AvgIpc) is 3.03. The van der Waals surface area contributed by atoms with Crippen molar-refractivity contribution in [2.75, 3.05) is 5.32 Å². The summed E-state index contributed by atoms with van der Waals surface area (Å²) in [5.74, 6) is 0.0851. The molecule has 120 valence electrons. The van der Waals surface area contributed by atoms with E-state index in [2.05, 4.69) is 20.5 Å². The van der Waals surface area contributed by atoms with Crippen molar-refractivity contribution in [3.63, 3.8) is 0 Å². The van der Waals surface area contributed by atoms with Crippen molar-refractivity contribution < 1.29 is 9.18 Å². The van der Waals surface area contributed by atoms with Crippen molar-refractivity contribution in [1.29, 1.82) is 0 Å². The molecular formula is C18H15FN4O. The Morgan fingerprint density at radius 2 is 1.83 bits per heavy atom. The molecule has 0 spiro atoms. The highest BCUT2D eigenvalue weighted by Gasteiger charge is 2.07. The van der Waals surface area contributed by atoms with Gasteiger partial charge >= 0.3 is 0 Å². The summed E-state index contributed by atoms with van der Waals surface area (Å²) in [4.78, 5) is 16.1. The first-order chi connectivity index (χ1) is 11.6. The highest BCUT2D eigenvalue weighted by molar-refractivity contribution is 6.00. The summed E-state index contributed by atoms with van der Waals surface area (Å²) in [5, 5.41) is 9.33. The lowest BCUT2D eigenvalue weighted by Gasteiger charge is -1.97. The van der Waals surface area contributed by atoms with Crippen LogP contribution in [0.2, 0.25) is 0 Å². The zero-order valence-corrected chi connectivity index (χ0v) is 13.0. The number of nitrogens with zero attached hydrogens (tertiary/aromatic N) is 2. The minimum absolute atomic E-state index is 0.194. The zero-order valence-electron chi connectivity index (χ0n) is 13.0. The third-order valence-electron chi connectivity index (χ3n) is 3.34. The van der Waals surface area contributed by atoms with Crippen molar-refractivity contribution in [2.45, 2.75) is 6.92 Å². The fourth-order valence-corrected chi connectivity index (χ4v) is 2.06. The average molecular weight is 322 g/mol. The minimum Gasteiger partial charge on any atom is -0.290 e. The molecular weight excluding hydrogens is 307 g/mol. The Hall–Kier alpha value is -3.28. The van der Waals surface area contributed by atoms with Gasteiger partial charge in [-0.05, 0) is 30.7 Å². The molecule has 0 saturated heterocycles. The number of amides is 1. The zero-order chi connectivity index (χ0) is 16.9. The van der Waals surface area contributed by atoms with Gasteiger partial charge in [0.1, 0.15) is 5.82 Å². The topological polar surface area (TPSA) is 70.7 Å². The van der Waals surface area contributed by atoms with Gasteiger partial charge in [-0.3, -0.25) is 15.2 Å². The number of benzene rings is 2. The molecule has 0 aliphatic heterocycles. The molecule has 0 unspecified atom stereocenters. The second-order valence-electron chi connectivity index (χ2n) is 5.25. The van der Waals surface area contributed by atoms with E-state index in [-0.39, 0.29) is 17.7 Å². The van der Waals surface area contributed by atoms with Gasteiger partial charge in [0.2, 0.25) is 5.95 Å². The Labute approximate surface area is 138 Å². The van der Waals surface area contributed by atoms with Crippen LogP contribution in [0.15, 0.2) is 54.6 Å². The van der Waals surface area contributed by atoms with E-state index >= 15 is 0 Å². The quantitative estimate of drug-likeness (QED) is 0.721. The van der Waals surface area contributed by atoms with Crippen LogP contribution >= 0.6 is 0 Å². The number of hydrogen-bond acceptors (Lipinski definition) is 3. The van der Waals surface area contributed by atoms with E-state index < -0.39 is 0 Å². The summed E-state index contributed by atoms with van der Waals surface area (Å²) >= 11 is 0. The Morgan fingerprint density at radius 3 is 2.54 bits per heavy atom. The molecule has 1 heterocycles. The molecule has 2 N–H and O–H groups in total. The molecule has 0 aliphatic carbocycles. The molecule has 1 amide bonds. The lowest BCUT2D eigenvalue weighted by Crippen LogP contribution is -2.09. The van der Waals surface area contributed by atoms with Crippen LogP contribution in [0.4, 0.5) is 10.3 Å². The Morgan fingerprint density at radius 1 is 1.12 bits per heavy atom. The fourth-order valence-electron chi connectivity index (χ4n) is 2.06. The number of aryl methyl sites for hydroxylation is 1. The summed E-state index contributed by atoms with van der Waals surface area (Å²) in [7, 11) is 0. The largest absolute Gasteiger partial charge is 0.290 e. The number of H-pyrrole nitrogens is 1. The Balaban J connectivity index is 1.64. The van der Waals surface area contributed by atoms with Gasteiger partial charge in [-0.25, -0.2) is 4.39 Å². The second-order valence-corrected chi connectivity index (χ2v) is 5.25. The number of carbonyl (C=O) groups is 1. The highest BCUT2D eigenvalue weighted by Crippen LogP contribution is 2.16. The third-order valence-corrected chi connectivity index (χ3v) is 3.34. The van der Waals surface area contributed by atoms with Crippen molar-refractivity contribution in [2.24, 2.45) is 0 Å². The van der Waals surface area contributed by atoms with Crippen LogP contribution < -0.4 is 5.32 Å². The van der Waals surface area contributed by atoms with Crippen LogP contribution in [-0.2, 0) is 4.79 Å². The lowest BCUT2D eigenvalue weighted by molar-refractivity contribution is -0.111. The molecule has 1 aromatic heterocycles. The standard InChI is InChI=1S/C18H15FN4O/c1-12-2-7-14(8-3-12)17-21-18(23-22-17)20-16(24)11-6-13-4-9-15(19)10-5-13/h2-11H,1H3,(H2,20,21,22,23,24)/b11-6+. The van der Waals surface area contributed by atoms with E-state index in [0.29, 0.717) is 5.82 Å². The summed E-state index contributed by atoms with van der Waals surface area (Å²) in [6.07, 6.45) is 2.93. The van der Waals surface area contributed by atoms with E-state index in [4.69, 9.17) is 0 Å². The van der Waals surface area contributed by atoms with Gasteiger partial charge in [0.15, 0.2) is 5.82 Å². The number of rotatable bonds is 4. The van der Waals surface area contributed by atoms with Gasteiger partial charge in [-0.15, -0.1) is 5.10 Å². The van der Waals surface area contributed by atoms with E-state index in [1.165, 1.54) is 18.2 Å². The number of halogens is 1. The van der Waals surface area contributed by atoms with Gasteiger partial charge in [0.25, 0.3) is 5.91 Å². The van der Waals surface area contributed by atoms with Gasteiger partial charge in [-0.1, -0.05) is 42.0 Å². The molecule has 0 saturated carbocycles. The first-order valence-electron chi connectivity index (χ1n) is 7.34. The van der Waals surface area contributed by atoms with Gasteiger partial charge in [0.05, 0.1) is 0 Å². The van der Waals surface area contributed by atoms with E-state index in [0.717, 1.165) is 16.7 Å². The van der Waals surface area contributed by atoms with Gasteiger partial charge in [0, 0.05) is 11.6 Å². The molecule has 0 aliphatic rings. The maximum atomic E-state index is 12.8. The SMILES string of the molecule is Cc1ccc(-c2nc(NC(=O)/C=C/c3ccc(F)cc3)n[nH]2)cc1. The maximum absolute atomic E-state index is 12.8. The Bertz CT molecular complexity index is 867. The highest BCUT2D eigenvalue weighted by atomic mass is 19.1. The summed E-state index contributed by atoms with van der Waals surface area (Å²) in [6, 6.07) is 13.6. The second kappa shape index (κ2) is 6.87. The minimum atomic E-state index is -0.367. The van der Waals surface area contributed by atoms with Crippen molar-refractivity contribution in [1.82, 2.24) is 15.2 Å². The smallest absolute Gasteiger partial charge is 0.250 e. The summed E-state index contributed by atoms with van der Waals surface area (Å²) in [6.45, 7) is 2.00. The number of nitrogens with one attached hydrogen (secondary N) is 2. The normalized spacial score (nSPS) is 10.9. The molecule has 24 heavy (non-hydrogen) atoms. The van der Waals surface area contributed by atoms with Crippen LogP contribution in [0.25, 0.3) is 17.5 Å². The van der Waals surface area contributed by atoms with Crippen LogP contribution in [0, 0.1) is 12.7 Å². The predicted octanol–water partition coefficient (Wildman–Crippen LogP) is 3.57. The van der Waals surface area contributed by atoms with E-state index in [1.807, 2.05) is 31.2 Å². The van der Waals surface area contributed by atoms with Gasteiger partial charge in [-0.2, -0.15) is 4.98 Å². The first-order valence-corrected chi connectivity index (χ1v) is 7.34. The van der Waals surface area contributed by atoms with Crippen LogP contribution in [0.5, 0.6) is 0 Å². The van der Waals surface area contributed by atoms with Crippen molar-refractivity contribution in [3.8, 4) is 11.4 Å². The number of hydrogen-bond donors (Lipinski definition) is 2. The summed E-state index contributed by atoms with van der Waals surface area (Å²) < 4.78 is 12.8. The molecule has 0 radical (unpaired) electrons. The molecule has 2 aromatic carbocycles. The fraction of sp³-hybridized carbons (Fsp3) is 0.0556. The van der Waals surface area contributed by atoms with Crippen LogP contribution in [0.1, 0.15) is 11.1 Å². The number of aromatic amines is 1. The summed E-state index contributed by atoms with van der Waals surface area (Å²) in [5.41, 5.74) is 2.76. The van der Waals surface area contributed by atoms with Crippen LogP contribution in [-0.4, -0.2) is 21.1 Å². The first kappa shape index (κ1) is 15.6. The molecule has 5 nitrogen and oxygen atoms in total. The van der Waals surface area contributed by atoms with E-state index in [1.54, 1.807) is 18.2 Å².